The maximum absolute atomic E-state index is 6.38. The Hall–Kier alpha value is -3.14. The van der Waals surface area contributed by atoms with Crippen LogP contribution in [-0.2, 0) is 10.2 Å². The fraction of sp³-hybridized carbons (Fsp3) is 0.485. The number of benzene rings is 2. The Morgan fingerprint density at radius 2 is 1.65 bits per heavy atom. The summed E-state index contributed by atoms with van der Waals surface area (Å²) in [6, 6.07) is 21.0. The second-order valence-electron chi connectivity index (χ2n) is 12.1. The first-order valence-electron chi connectivity index (χ1n) is 15.6. The average Bonchev–Trinajstić information content (AvgIpc) is 3.05. The van der Waals surface area contributed by atoms with Crippen LogP contribution in [-0.4, -0.2) is 74.1 Å². The number of para-hydroxylation sites is 1. The third kappa shape index (κ3) is 7.33. The van der Waals surface area contributed by atoms with E-state index >= 15 is 0 Å². The molecule has 4 heterocycles. The number of piperazine rings is 1. The van der Waals surface area contributed by atoms with E-state index < -0.39 is 0 Å². The number of rotatable bonds is 7. The van der Waals surface area contributed by atoms with Crippen molar-refractivity contribution in [3.63, 3.8) is 0 Å². The summed E-state index contributed by atoms with van der Waals surface area (Å²) in [6.07, 6.45) is 4.24. The number of nitrogens with one attached hydrogen (secondary N) is 2. The first kappa shape index (κ1) is 29.9. The molecule has 3 saturated heterocycles. The largest absolute Gasteiger partial charge is 0.381 e. The molecule has 1 unspecified atom stereocenters. The van der Waals surface area contributed by atoms with E-state index in [1.165, 1.54) is 24.1 Å². The summed E-state index contributed by atoms with van der Waals surface area (Å²) in [6.45, 7) is 10.1. The number of aromatic nitrogens is 2. The Labute approximate surface area is 265 Å². The molecule has 3 aliphatic rings. The molecular weight excluding hydrogens is 578 g/mol. The van der Waals surface area contributed by atoms with Gasteiger partial charge in [0.2, 0.25) is 5.95 Å². The highest BCUT2D eigenvalue weighted by atomic mass is 35.5. The van der Waals surface area contributed by atoms with E-state index in [4.69, 9.17) is 38.5 Å². The highest BCUT2D eigenvalue weighted by Crippen LogP contribution is 2.35. The Balaban J connectivity index is 1.18. The Bertz CT molecular complexity index is 1380. The molecule has 0 bridgehead atoms. The molecule has 0 saturated carbocycles. The van der Waals surface area contributed by atoms with Crippen LogP contribution in [0, 0.1) is 5.92 Å². The minimum Gasteiger partial charge on any atom is -0.381 e. The van der Waals surface area contributed by atoms with Crippen molar-refractivity contribution in [3.05, 3.63) is 71.2 Å². The molecule has 3 aromatic rings. The predicted octanol–water partition coefficient (Wildman–Crippen LogP) is 5.73. The highest BCUT2D eigenvalue weighted by Gasteiger charge is 2.35. The maximum Gasteiger partial charge on any atom is 0.232 e. The summed E-state index contributed by atoms with van der Waals surface area (Å²) >= 11 is 12.2. The number of halogens is 1. The van der Waals surface area contributed by atoms with Gasteiger partial charge in [-0.05, 0) is 73.6 Å². The lowest BCUT2D eigenvalue weighted by molar-refractivity contribution is 0.0515. The van der Waals surface area contributed by atoms with Crippen molar-refractivity contribution < 1.29 is 4.74 Å². The first-order valence-corrected chi connectivity index (χ1v) is 16.3. The quantitative estimate of drug-likeness (QED) is 0.323. The van der Waals surface area contributed by atoms with Crippen LogP contribution < -0.4 is 25.3 Å². The van der Waals surface area contributed by atoms with E-state index in [2.05, 4.69) is 80.8 Å². The Morgan fingerprint density at radius 1 is 0.930 bits per heavy atom. The number of hydrogen-bond acceptors (Lipinski definition) is 7. The third-order valence-corrected chi connectivity index (χ3v) is 9.59. The van der Waals surface area contributed by atoms with Gasteiger partial charge in [0, 0.05) is 81.2 Å². The second kappa shape index (κ2) is 13.7. The molecule has 6 rings (SSSR count). The third-order valence-electron chi connectivity index (χ3n) is 9.10. The van der Waals surface area contributed by atoms with E-state index in [0.717, 1.165) is 68.8 Å². The van der Waals surface area contributed by atoms with Gasteiger partial charge in [-0.1, -0.05) is 48.9 Å². The molecule has 10 heteroatoms. The van der Waals surface area contributed by atoms with Crippen molar-refractivity contribution in [2.45, 2.75) is 38.0 Å². The van der Waals surface area contributed by atoms with Gasteiger partial charge in [-0.15, -0.1) is 0 Å². The van der Waals surface area contributed by atoms with Gasteiger partial charge in [-0.3, -0.25) is 0 Å². The zero-order chi connectivity index (χ0) is 29.6. The van der Waals surface area contributed by atoms with Crippen molar-refractivity contribution in [1.29, 1.82) is 0 Å². The first-order chi connectivity index (χ1) is 21.0. The SMILES string of the molecule is CC1CCCN(c2cc(N3CCN(c4ccccc4)CC3)nc(NC(=S)NCC3(c4cccc(Cl)c4)CCOCC3)n2)C1. The minimum absolute atomic E-state index is 0.106. The predicted molar refractivity (Wildman–Crippen MR) is 181 cm³/mol. The lowest BCUT2D eigenvalue weighted by Gasteiger charge is -2.38. The molecule has 1 aromatic heterocycles. The van der Waals surface area contributed by atoms with Crippen molar-refractivity contribution >= 4 is 52.2 Å². The summed E-state index contributed by atoms with van der Waals surface area (Å²) in [5.41, 5.74) is 2.38. The normalized spacial score (nSPS) is 20.5. The van der Waals surface area contributed by atoms with Crippen molar-refractivity contribution in [3.8, 4) is 0 Å². The smallest absolute Gasteiger partial charge is 0.232 e. The number of piperidine rings is 1. The number of hydrogen-bond donors (Lipinski definition) is 2. The number of anilines is 4. The lowest BCUT2D eigenvalue weighted by Crippen LogP contribution is -2.47. The van der Waals surface area contributed by atoms with Gasteiger partial charge >= 0.3 is 0 Å². The van der Waals surface area contributed by atoms with Gasteiger partial charge in [0.1, 0.15) is 11.6 Å². The molecule has 2 aromatic carbocycles. The fourth-order valence-electron chi connectivity index (χ4n) is 6.58. The molecule has 0 radical (unpaired) electrons. The van der Waals surface area contributed by atoms with Crippen LogP contribution in [0.3, 0.4) is 0 Å². The number of nitrogens with zero attached hydrogens (tertiary/aromatic N) is 5. The average molecular weight is 620 g/mol. The molecule has 0 spiro atoms. The van der Waals surface area contributed by atoms with Crippen LogP contribution in [0.4, 0.5) is 23.3 Å². The summed E-state index contributed by atoms with van der Waals surface area (Å²) in [7, 11) is 0. The molecule has 228 valence electrons. The molecule has 3 aliphatic heterocycles. The van der Waals surface area contributed by atoms with Crippen LogP contribution in [0.15, 0.2) is 60.7 Å². The molecule has 2 N–H and O–H groups in total. The van der Waals surface area contributed by atoms with Crippen LogP contribution in [0.5, 0.6) is 0 Å². The van der Waals surface area contributed by atoms with E-state index in [1.54, 1.807) is 0 Å². The zero-order valence-corrected chi connectivity index (χ0v) is 26.5. The molecule has 1 atom stereocenters. The second-order valence-corrected chi connectivity index (χ2v) is 13.0. The van der Waals surface area contributed by atoms with Crippen LogP contribution in [0.25, 0.3) is 0 Å². The van der Waals surface area contributed by atoms with Crippen LogP contribution >= 0.6 is 23.8 Å². The summed E-state index contributed by atoms with van der Waals surface area (Å²) in [5.74, 6) is 3.09. The fourth-order valence-corrected chi connectivity index (χ4v) is 6.93. The van der Waals surface area contributed by atoms with Crippen LogP contribution in [0.2, 0.25) is 5.02 Å². The van der Waals surface area contributed by atoms with E-state index in [-0.39, 0.29) is 5.41 Å². The van der Waals surface area contributed by atoms with Crippen LogP contribution in [0.1, 0.15) is 38.2 Å². The molecule has 0 aliphatic carbocycles. The Morgan fingerprint density at radius 3 is 2.37 bits per heavy atom. The molecule has 43 heavy (non-hydrogen) atoms. The van der Waals surface area contributed by atoms with E-state index in [0.29, 0.717) is 36.7 Å². The lowest BCUT2D eigenvalue weighted by atomic mass is 9.74. The zero-order valence-electron chi connectivity index (χ0n) is 25.0. The van der Waals surface area contributed by atoms with Crippen molar-refractivity contribution in [2.24, 2.45) is 5.92 Å². The van der Waals surface area contributed by atoms with Crippen molar-refractivity contribution in [2.75, 3.05) is 79.0 Å². The van der Waals surface area contributed by atoms with Gasteiger partial charge in [-0.2, -0.15) is 9.97 Å². The summed E-state index contributed by atoms with van der Waals surface area (Å²) in [5, 5.41) is 8.11. The molecule has 3 fully saturated rings. The van der Waals surface area contributed by atoms with E-state index in [1.807, 2.05) is 12.1 Å². The summed E-state index contributed by atoms with van der Waals surface area (Å²) < 4.78 is 5.72. The van der Waals surface area contributed by atoms with Gasteiger partial charge < -0.3 is 30.1 Å². The highest BCUT2D eigenvalue weighted by molar-refractivity contribution is 7.80. The monoisotopic (exact) mass is 619 g/mol. The minimum atomic E-state index is -0.106. The van der Waals surface area contributed by atoms with E-state index in [9.17, 15) is 0 Å². The standard InChI is InChI=1S/C33H42ClN7OS/c1-25-7-6-14-41(23-25)30-22-29(40-17-15-39(16-18-40)28-10-3-2-4-11-28)36-31(37-30)38-32(43)35-24-33(12-19-42-20-13-33)26-8-5-9-27(34)21-26/h2-5,8-11,21-22,25H,6-7,12-20,23-24H2,1H3,(H2,35,36,37,38,43). The van der Waals surface area contributed by atoms with Gasteiger partial charge in [0.15, 0.2) is 5.11 Å². The number of ether oxygens (including phenoxy) is 1. The Kier molecular flexibility index (Phi) is 9.50. The maximum atomic E-state index is 6.38. The van der Waals surface area contributed by atoms with Gasteiger partial charge in [-0.25, -0.2) is 0 Å². The van der Waals surface area contributed by atoms with Gasteiger partial charge in [0.25, 0.3) is 0 Å². The molecule has 8 nitrogen and oxygen atoms in total. The molecular formula is C33H42ClN7OS. The molecule has 0 amide bonds. The van der Waals surface area contributed by atoms with Crippen molar-refractivity contribution in [1.82, 2.24) is 15.3 Å². The summed E-state index contributed by atoms with van der Waals surface area (Å²) in [4.78, 5) is 17.2. The van der Waals surface area contributed by atoms with Gasteiger partial charge in [0.05, 0.1) is 0 Å². The number of thiocarbonyl (C=S) groups is 1. The topological polar surface area (TPSA) is 68.8 Å².